The average molecular weight is 258 g/mol. The van der Waals surface area contributed by atoms with E-state index in [-0.39, 0.29) is 12.3 Å². The first-order valence-electron chi connectivity index (χ1n) is 5.85. The van der Waals surface area contributed by atoms with Crippen molar-refractivity contribution in [3.05, 3.63) is 69.8 Å². The fourth-order valence-corrected chi connectivity index (χ4v) is 1.69. The molecule has 0 aliphatic rings. The Morgan fingerprint density at radius 2 is 1.79 bits per heavy atom. The Bertz CT molecular complexity index is 567. The van der Waals surface area contributed by atoms with Crippen molar-refractivity contribution in [3.63, 3.8) is 0 Å². The smallest absolute Gasteiger partial charge is 0.276 e. The summed E-state index contributed by atoms with van der Waals surface area (Å²) in [6.45, 7) is 0.642. The maximum Gasteiger partial charge on any atom is 0.276 e. The number of hydrogen-bond donors (Lipinski definition) is 1. The van der Waals surface area contributed by atoms with Gasteiger partial charge < -0.3 is 10.5 Å². The number of para-hydroxylation sites is 1. The van der Waals surface area contributed by atoms with Crippen LogP contribution >= 0.6 is 0 Å². The molecule has 0 amide bonds. The number of benzene rings is 2. The third-order valence-electron chi connectivity index (χ3n) is 2.74. The molecule has 0 radical (unpaired) electrons. The molecule has 0 saturated heterocycles. The molecule has 0 bridgehead atoms. The molecule has 0 spiro atoms. The molecule has 5 nitrogen and oxygen atoms in total. The van der Waals surface area contributed by atoms with Gasteiger partial charge in [-0.3, -0.25) is 10.1 Å². The Balaban J connectivity index is 2.07. The summed E-state index contributed by atoms with van der Waals surface area (Å²) in [4.78, 5) is 10.4. The van der Waals surface area contributed by atoms with E-state index in [0.717, 1.165) is 5.56 Å². The number of nitro benzene ring substituents is 1. The van der Waals surface area contributed by atoms with Gasteiger partial charge in [-0.05, 0) is 23.8 Å². The summed E-state index contributed by atoms with van der Waals surface area (Å²) in [7, 11) is 0. The van der Waals surface area contributed by atoms with Gasteiger partial charge in [-0.15, -0.1) is 0 Å². The van der Waals surface area contributed by atoms with Crippen molar-refractivity contribution in [2.75, 3.05) is 0 Å². The van der Waals surface area contributed by atoms with Gasteiger partial charge in [-0.25, -0.2) is 0 Å². The van der Waals surface area contributed by atoms with Crippen LogP contribution in [0.5, 0.6) is 5.75 Å². The maximum atomic E-state index is 10.9. The van der Waals surface area contributed by atoms with Gasteiger partial charge in [0.2, 0.25) is 0 Å². The lowest BCUT2D eigenvalue weighted by Gasteiger charge is -2.07. The Kier molecular flexibility index (Phi) is 4.10. The van der Waals surface area contributed by atoms with E-state index >= 15 is 0 Å². The van der Waals surface area contributed by atoms with Gasteiger partial charge in [-0.1, -0.05) is 24.3 Å². The van der Waals surface area contributed by atoms with E-state index < -0.39 is 4.92 Å². The summed E-state index contributed by atoms with van der Waals surface area (Å²) < 4.78 is 5.54. The molecule has 98 valence electrons. The summed E-state index contributed by atoms with van der Waals surface area (Å²) in [6.07, 6.45) is 0. The molecule has 0 aliphatic carbocycles. The van der Waals surface area contributed by atoms with Crippen LogP contribution in [0.25, 0.3) is 0 Å². The Hall–Kier alpha value is -2.40. The fourth-order valence-electron chi connectivity index (χ4n) is 1.69. The van der Waals surface area contributed by atoms with Crippen LogP contribution in [0.15, 0.2) is 48.5 Å². The van der Waals surface area contributed by atoms with E-state index in [1.165, 1.54) is 6.07 Å². The maximum absolute atomic E-state index is 10.9. The quantitative estimate of drug-likeness (QED) is 0.660. The van der Waals surface area contributed by atoms with E-state index in [1.807, 2.05) is 12.1 Å². The minimum Gasteiger partial charge on any atom is -0.489 e. The second-order valence-corrected chi connectivity index (χ2v) is 4.02. The molecule has 5 heteroatoms. The van der Waals surface area contributed by atoms with Gasteiger partial charge in [-0.2, -0.15) is 0 Å². The van der Waals surface area contributed by atoms with Crippen LogP contribution in [0.3, 0.4) is 0 Å². The molecule has 0 saturated carbocycles. The van der Waals surface area contributed by atoms with Crippen molar-refractivity contribution in [1.29, 1.82) is 0 Å². The van der Waals surface area contributed by atoms with Gasteiger partial charge >= 0.3 is 0 Å². The predicted octanol–water partition coefficient (Wildman–Crippen LogP) is 2.63. The fraction of sp³-hybridized carbons (Fsp3) is 0.143. The van der Waals surface area contributed by atoms with Crippen LogP contribution in [0, 0.1) is 10.1 Å². The van der Waals surface area contributed by atoms with Crippen molar-refractivity contribution in [2.45, 2.75) is 13.2 Å². The molecule has 2 N–H and O–H groups in total. The van der Waals surface area contributed by atoms with Crippen LogP contribution < -0.4 is 10.5 Å². The molecular weight excluding hydrogens is 244 g/mol. The van der Waals surface area contributed by atoms with E-state index in [4.69, 9.17) is 10.5 Å². The van der Waals surface area contributed by atoms with Crippen molar-refractivity contribution >= 4 is 5.69 Å². The van der Waals surface area contributed by atoms with Crippen LogP contribution in [0.4, 0.5) is 5.69 Å². The lowest BCUT2D eigenvalue weighted by molar-refractivity contribution is -0.385. The number of nitrogens with two attached hydrogens (primary N) is 1. The first-order valence-corrected chi connectivity index (χ1v) is 5.85. The highest BCUT2D eigenvalue weighted by atomic mass is 16.6. The lowest BCUT2D eigenvalue weighted by atomic mass is 10.2. The monoisotopic (exact) mass is 258 g/mol. The third kappa shape index (κ3) is 3.29. The summed E-state index contributed by atoms with van der Waals surface area (Å²) in [5.74, 6) is 0.662. The van der Waals surface area contributed by atoms with Crippen molar-refractivity contribution in [2.24, 2.45) is 5.73 Å². The number of nitrogens with zero attached hydrogens (tertiary/aromatic N) is 1. The van der Waals surface area contributed by atoms with Crippen LogP contribution in [0.2, 0.25) is 0 Å². The molecule has 2 rings (SSSR count). The van der Waals surface area contributed by atoms with Crippen LogP contribution in [-0.4, -0.2) is 4.92 Å². The van der Waals surface area contributed by atoms with Crippen molar-refractivity contribution in [1.82, 2.24) is 0 Å². The van der Waals surface area contributed by atoms with E-state index in [9.17, 15) is 10.1 Å². The zero-order valence-electron chi connectivity index (χ0n) is 10.3. The summed E-state index contributed by atoms with van der Waals surface area (Å²) >= 11 is 0. The van der Waals surface area contributed by atoms with Gasteiger partial charge in [0.15, 0.2) is 0 Å². The molecule has 0 unspecified atom stereocenters. The molecule has 0 heterocycles. The first-order chi connectivity index (χ1) is 9.20. The van der Waals surface area contributed by atoms with E-state index in [2.05, 4.69) is 0 Å². The topological polar surface area (TPSA) is 78.4 Å². The third-order valence-corrected chi connectivity index (χ3v) is 2.74. The highest BCUT2D eigenvalue weighted by molar-refractivity contribution is 5.39. The minimum atomic E-state index is -0.407. The summed E-state index contributed by atoms with van der Waals surface area (Å²) in [6, 6.07) is 13.9. The Labute approximate surface area is 110 Å². The standard InChI is InChI=1S/C14H14N2O3/c15-9-11-5-7-13(8-6-11)19-10-12-3-1-2-4-14(12)16(17)18/h1-8H,9-10,15H2. The molecule has 19 heavy (non-hydrogen) atoms. The zero-order valence-corrected chi connectivity index (χ0v) is 10.3. The molecule has 0 fully saturated rings. The zero-order chi connectivity index (χ0) is 13.7. The second-order valence-electron chi connectivity index (χ2n) is 4.02. The second kappa shape index (κ2) is 5.97. The van der Waals surface area contributed by atoms with Crippen molar-refractivity contribution < 1.29 is 9.66 Å². The summed E-state index contributed by atoms with van der Waals surface area (Å²) in [5, 5.41) is 10.9. The number of rotatable bonds is 5. The predicted molar refractivity (Wildman–Crippen MR) is 71.8 cm³/mol. The van der Waals surface area contributed by atoms with Gasteiger partial charge in [0.25, 0.3) is 5.69 Å². The number of ether oxygens (including phenoxy) is 1. The number of hydrogen-bond acceptors (Lipinski definition) is 4. The SMILES string of the molecule is NCc1ccc(OCc2ccccc2[N+](=O)[O-])cc1. The highest BCUT2D eigenvalue weighted by Gasteiger charge is 2.12. The Morgan fingerprint density at radius 1 is 1.11 bits per heavy atom. The Morgan fingerprint density at radius 3 is 2.42 bits per heavy atom. The van der Waals surface area contributed by atoms with Crippen LogP contribution in [-0.2, 0) is 13.2 Å². The van der Waals surface area contributed by atoms with Gasteiger partial charge in [0.1, 0.15) is 12.4 Å². The normalized spacial score (nSPS) is 10.2. The number of nitro groups is 1. The first kappa shape index (κ1) is 13.0. The largest absolute Gasteiger partial charge is 0.489 e. The summed E-state index contributed by atoms with van der Waals surface area (Å²) in [5.41, 5.74) is 7.14. The van der Waals surface area contributed by atoms with E-state index in [1.54, 1.807) is 30.3 Å². The molecule has 0 aromatic heterocycles. The minimum absolute atomic E-state index is 0.0704. The molecule has 0 aliphatic heterocycles. The van der Waals surface area contributed by atoms with Gasteiger partial charge in [0.05, 0.1) is 10.5 Å². The molecular formula is C14H14N2O3. The molecule has 2 aromatic carbocycles. The molecule has 0 atom stereocenters. The van der Waals surface area contributed by atoms with E-state index in [0.29, 0.717) is 17.9 Å². The van der Waals surface area contributed by atoms with Crippen LogP contribution in [0.1, 0.15) is 11.1 Å². The van der Waals surface area contributed by atoms with Crippen molar-refractivity contribution in [3.8, 4) is 5.75 Å². The lowest BCUT2D eigenvalue weighted by Crippen LogP contribution is -2.01. The van der Waals surface area contributed by atoms with Gasteiger partial charge in [0, 0.05) is 12.6 Å². The highest BCUT2D eigenvalue weighted by Crippen LogP contribution is 2.20. The molecule has 2 aromatic rings. The average Bonchev–Trinajstić information content (AvgIpc) is 2.46.